The predicted octanol–water partition coefficient (Wildman–Crippen LogP) is 1.57. The highest BCUT2D eigenvalue weighted by molar-refractivity contribution is 5.73. The van der Waals surface area contributed by atoms with Crippen LogP contribution in [0.25, 0.3) is 0 Å². The number of halogens is 1. The molecule has 0 aliphatic rings. The lowest BCUT2D eigenvalue weighted by Gasteiger charge is -2.13. The first kappa shape index (κ1) is 15.8. The number of carboxylic acids is 1. The normalized spacial score (nSPS) is 11.9. The molecule has 0 heterocycles. The summed E-state index contributed by atoms with van der Waals surface area (Å²) in [5, 5.41) is 22.1. The van der Waals surface area contributed by atoms with E-state index in [2.05, 4.69) is 5.32 Å². The van der Waals surface area contributed by atoms with E-state index in [0.29, 0.717) is 6.54 Å². The first-order chi connectivity index (χ1) is 9.45. The second-order valence-corrected chi connectivity index (χ2v) is 3.96. The summed E-state index contributed by atoms with van der Waals surface area (Å²) in [6.45, 7) is 2.24. The fourth-order valence-electron chi connectivity index (χ4n) is 1.57. The molecule has 110 valence electrons. The molecule has 0 saturated heterocycles. The lowest BCUT2D eigenvalue weighted by molar-refractivity contribution is -0.385. The van der Waals surface area contributed by atoms with Gasteiger partial charge in [-0.15, -0.1) is 0 Å². The number of hydrogen-bond acceptors (Lipinski definition) is 5. The predicted molar refractivity (Wildman–Crippen MR) is 68.3 cm³/mol. The van der Waals surface area contributed by atoms with Gasteiger partial charge < -0.3 is 15.2 Å². The van der Waals surface area contributed by atoms with Gasteiger partial charge in [-0.1, -0.05) is 6.92 Å². The number of rotatable bonds is 8. The summed E-state index contributed by atoms with van der Waals surface area (Å²) in [5.74, 6) is -2.01. The maximum atomic E-state index is 13.5. The van der Waals surface area contributed by atoms with Gasteiger partial charge in [0.25, 0.3) is 5.69 Å². The molecule has 0 aliphatic heterocycles. The Bertz CT molecular complexity index is 495. The fraction of sp³-hybridized carbons (Fsp3) is 0.417. The van der Waals surface area contributed by atoms with Gasteiger partial charge in [-0.3, -0.25) is 14.9 Å². The molecule has 2 N–H and O–H groups in total. The van der Waals surface area contributed by atoms with Crippen LogP contribution in [0.4, 0.5) is 10.1 Å². The van der Waals surface area contributed by atoms with Crippen molar-refractivity contribution in [1.82, 2.24) is 5.32 Å². The first-order valence-electron chi connectivity index (χ1n) is 5.98. The fourth-order valence-corrected chi connectivity index (χ4v) is 1.57. The molecule has 0 fully saturated rings. The van der Waals surface area contributed by atoms with Gasteiger partial charge in [-0.25, -0.2) is 4.39 Å². The lowest BCUT2D eigenvalue weighted by Crippen LogP contribution is -2.37. The summed E-state index contributed by atoms with van der Waals surface area (Å²) in [5.41, 5.74) is -0.370. The largest absolute Gasteiger partial charge is 0.490 e. The number of nitro benzene ring substituents is 1. The maximum absolute atomic E-state index is 13.5. The van der Waals surface area contributed by atoms with E-state index in [9.17, 15) is 19.3 Å². The summed E-state index contributed by atoms with van der Waals surface area (Å²) in [6.07, 6.45) is 0.152. The molecule has 1 aromatic carbocycles. The molecule has 0 spiro atoms. The summed E-state index contributed by atoms with van der Waals surface area (Å²) in [7, 11) is 0. The highest BCUT2D eigenvalue weighted by Crippen LogP contribution is 2.22. The molecule has 0 aromatic heterocycles. The number of hydrogen-bond donors (Lipinski definition) is 2. The van der Waals surface area contributed by atoms with Crippen LogP contribution in [0, 0.1) is 15.9 Å². The molecule has 8 heteroatoms. The number of ether oxygens (including phenoxy) is 1. The van der Waals surface area contributed by atoms with Gasteiger partial charge in [0, 0.05) is 12.5 Å². The molecule has 0 bridgehead atoms. The molecule has 0 aliphatic carbocycles. The van der Waals surface area contributed by atoms with Gasteiger partial charge >= 0.3 is 5.97 Å². The zero-order chi connectivity index (χ0) is 15.1. The van der Waals surface area contributed by atoms with E-state index in [1.54, 1.807) is 6.92 Å². The topological polar surface area (TPSA) is 102 Å². The molecule has 20 heavy (non-hydrogen) atoms. The third-order valence-electron chi connectivity index (χ3n) is 2.54. The number of non-ortho nitro benzene ring substituents is 1. The third kappa shape index (κ3) is 4.47. The van der Waals surface area contributed by atoms with Crippen LogP contribution in [-0.2, 0) is 4.79 Å². The molecule has 7 nitrogen and oxygen atoms in total. The molecule has 1 aromatic rings. The maximum Gasteiger partial charge on any atom is 0.320 e. The van der Waals surface area contributed by atoms with Crippen molar-refractivity contribution in [2.24, 2.45) is 0 Å². The van der Waals surface area contributed by atoms with Crippen LogP contribution in [0.3, 0.4) is 0 Å². The highest BCUT2D eigenvalue weighted by Gasteiger charge is 2.16. The summed E-state index contributed by atoms with van der Waals surface area (Å²) >= 11 is 0. The average molecular weight is 286 g/mol. The number of nitrogens with one attached hydrogen (secondary N) is 1. The monoisotopic (exact) mass is 286 g/mol. The Labute approximate surface area is 114 Å². The molecule has 0 amide bonds. The Hall–Kier alpha value is -2.22. The summed E-state index contributed by atoms with van der Waals surface area (Å²) < 4.78 is 18.6. The van der Waals surface area contributed by atoms with Gasteiger partial charge in [0.05, 0.1) is 17.6 Å². The van der Waals surface area contributed by atoms with Crippen LogP contribution in [0.1, 0.15) is 13.3 Å². The van der Waals surface area contributed by atoms with E-state index < -0.39 is 22.8 Å². The Kier molecular flexibility index (Phi) is 5.85. The first-order valence-corrected chi connectivity index (χ1v) is 5.98. The van der Waals surface area contributed by atoms with Crippen molar-refractivity contribution in [2.45, 2.75) is 19.4 Å². The van der Waals surface area contributed by atoms with Crippen molar-refractivity contribution in [2.75, 3.05) is 13.2 Å². The number of carbonyl (C=O) groups is 1. The smallest absolute Gasteiger partial charge is 0.320 e. The van der Waals surface area contributed by atoms with Gasteiger partial charge in [0.15, 0.2) is 11.6 Å². The quantitative estimate of drug-likeness (QED) is 0.555. The van der Waals surface area contributed by atoms with Crippen molar-refractivity contribution in [3.63, 3.8) is 0 Å². The van der Waals surface area contributed by atoms with E-state index in [1.807, 2.05) is 0 Å². The minimum Gasteiger partial charge on any atom is -0.490 e. The van der Waals surface area contributed by atoms with E-state index in [0.717, 1.165) is 18.2 Å². The number of nitrogens with zero attached hydrogens (tertiary/aromatic N) is 1. The Balaban J connectivity index is 2.57. The van der Waals surface area contributed by atoms with Gasteiger partial charge in [-0.2, -0.15) is 0 Å². The van der Waals surface area contributed by atoms with Crippen molar-refractivity contribution < 1.29 is 24.0 Å². The van der Waals surface area contributed by atoms with Crippen LogP contribution in [0.2, 0.25) is 0 Å². The lowest BCUT2D eigenvalue weighted by atomic mass is 10.2. The summed E-state index contributed by atoms with van der Waals surface area (Å²) in [4.78, 5) is 20.6. The molecule has 1 rings (SSSR count). The molecule has 1 unspecified atom stereocenters. The zero-order valence-electron chi connectivity index (χ0n) is 10.8. The van der Waals surface area contributed by atoms with Crippen LogP contribution < -0.4 is 10.1 Å². The second kappa shape index (κ2) is 7.39. The number of benzene rings is 1. The highest BCUT2D eigenvalue weighted by atomic mass is 19.1. The third-order valence-corrected chi connectivity index (χ3v) is 2.54. The van der Waals surface area contributed by atoms with Crippen molar-refractivity contribution >= 4 is 11.7 Å². The van der Waals surface area contributed by atoms with E-state index in [1.165, 1.54) is 0 Å². The minimum atomic E-state index is -1.01. The van der Waals surface area contributed by atoms with Crippen LogP contribution in [-0.4, -0.2) is 35.2 Å². The van der Waals surface area contributed by atoms with Crippen LogP contribution >= 0.6 is 0 Å². The van der Waals surface area contributed by atoms with E-state index in [4.69, 9.17) is 9.84 Å². The standard InChI is InChI=1S/C12H15FN2O5/c1-2-14-10(12(16)17)5-6-20-11-4-3-8(15(18)19)7-9(11)13/h3-4,7,10,14H,2,5-6H2,1H3,(H,16,17). The number of aliphatic carboxylic acids is 1. The van der Waals surface area contributed by atoms with Crippen molar-refractivity contribution in [1.29, 1.82) is 0 Å². The summed E-state index contributed by atoms with van der Waals surface area (Å²) in [6, 6.07) is 2.25. The molecular weight excluding hydrogens is 271 g/mol. The number of nitro groups is 1. The van der Waals surface area contributed by atoms with E-state index in [-0.39, 0.29) is 24.5 Å². The second-order valence-electron chi connectivity index (χ2n) is 3.96. The Morgan fingerprint density at radius 1 is 1.60 bits per heavy atom. The van der Waals surface area contributed by atoms with Crippen LogP contribution in [0.5, 0.6) is 5.75 Å². The SMILES string of the molecule is CCNC(CCOc1ccc([N+](=O)[O-])cc1F)C(=O)O. The molecular formula is C12H15FN2O5. The Morgan fingerprint density at radius 3 is 2.80 bits per heavy atom. The van der Waals surface area contributed by atoms with Crippen LogP contribution in [0.15, 0.2) is 18.2 Å². The molecule has 1 atom stereocenters. The number of likely N-dealkylation sites (N-methyl/N-ethyl adjacent to an activating group) is 1. The van der Waals surface area contributed by atoms with E-state index >= 15 is 0 Å². The zero-order valence-corrected chi connectivity index (χ0v) is 10.8. The van der Waals surface area contributed by atoms with Gasteiger partial charge in [-0.05, 0) is 12.6 Å². The van der Waals surface area contributed by atoms with Crippen molar-refractivity contribution in [3.8, 4) is 5.75 Å². The average Bonchev–Trinajstić information content (AvgIpc) is 2.39. The number of carboxylic acid groups (broad SMARTS) is 1. The van der Waals surface area contributed by atoms with Gasteiger partial charge in [0.1, 0.15) is 6.04 Å². The molecule has 0 saturated carbocycles. The van der Waals surface area contributed by atoms with Crippen molar-refractivity contribution in [3.05, 3.63) is 34.1 Å². The Morgan fingerprint density at radius 2 is 2.30 bits per heavy atom. The minimum absolute atomic E-state index is 0.0152. The molecule has 0 radical (unpaired) electrons. The van der Waals surface area contributed by atoms with Gasteiger partial charge in [0.2, 0.25) is 0 Å².